The van der Waals surface area contributed by atoms with Gasteiger partial charge in [0.05, 0.1) is 18.8 Å². The summed E-state index contributed by atoms with van der Waals surface area (Å²) in [5.41, 5.74) is 0.824. The summed E-state index contributed by atoms with van der Waals surface area (Å²) in [7, 11) is 3.95. The smallest absolute Gasteiger partial charge is 0.191 e. The quantitative estimate of drug-likeness (QED) is 0.317. The number of halogens is 1. The van der Waals surface area contributed by atoms with Crippen molar-refractivity contribution in [1.82, 2.24) is 15.6 Å². The zero-order valence-corrected chi connectivity index (χ0v) is 18.8. The lowest BCUT2D eigenvalue weighted by atomic mass is 9.96. The topological polar surface area (TPSA) is 72.8 Å². The minimum absolute atomic E-state index is 0. The van der Waals surface area contributed by atoms with E-state index in [0.29, 0.717) is 19.0 Å². The van der Waals surface area contributed by atoms with Crippen LogP contribution in [0.4, 0.5) is 5.13 Å². The minimum Gasteiger partial charge on any atom is -0.384 e. The van der Waals surface area contributed by atoms with Crippen molar-refractivity contribution in [2.24, 2.45) is 4.99 Å². The van der Waals surface area contributed by atoms with E-state index in [0.717, 1.165) is 22.9 Å². The summed E-state index contributed by atoms with van der Waals surface area (Å²) in [6.45, 7) is 5.41. The third-order valence-electron chi connectivity index (χ3n) is 3.66. The van der Waals surface area contributed by atoms with Gasteiger partial charge < -0.3 is 20.6 Å². The number of nitrogens with zero attached hydrogens (tertiary/aromatic N) is 3. The molecule has 0 aliphatic heterocycles. The van der Waals surface area contributed by atoms with Gasteiger partial charge in [0.25, 0.3) is 0 Å². The second kappa shape index (κ2) is 10.7. The molecular weight excluding hydrogens is 461 g/mol. The van der Waals surface area contributed by atoms with Crippen LogP contribution in [0.2, 0.25) is 0 Å². The maximum atomic E-state index is 10.7. The van der Waals surface area contributed by atoms with Gasteiger partial charge in [0.15, 0.2) is 11.1 Å². The Morgan fingerprint density at radius 1 is 1.27 bits per heavy atom. The zero-order valence-electron chi connectivity index (χ0n) is 15.7. The SMILES string of the molecule is CCNC(=NCc1csc(N(C)C)n1)NCC(C)(O)c1ccccc1.I. The number of hydrogen-bond acceptors (Lipinski definition) is 5. The van der Waals surface area contributed by atoms with E-state index in [4.69, 9.17) is 0 Å². The van der Waals surface area contributed by atoms with Crippen LogP contribution in [0.5, 0.6) is 0 Å². The highest BCUT2D eigenvalue weighted by atomic mass is 127. The molecule has 0 aliphatic carbocycles. The van der Waals surface area contributed by atoms with Crippen molar-refractivity contribution >= 4 is 46.4 Å². The molecule has 0 fully saturated rings. The monoisotopic (exact) mass is 489 g/mol. The number of anilines is 1. The number of rotatable bonds is 7. The van der Waals surface area contributed by atoms with Gasteiger partial charge in [-0.2, -0.15) is 0 Å². The van der Waals surface area contributed by atoms with Crippen LogP contribution < -0.4 is 15.5 Å². The Balaban J connectivity index is 0.00000338. The fraction of sp³-hybridized carbons (Fsp3) is 0.444. The highest BCUT2D eigenvalue weighted by molar-refractivity contribution is 14.0. The third-order valence-corrected chi connectivity index (χ3v) is 4.72. The molecule has 3 N–H and O–H groups in total. The van der Waals surface area contributed by atoms with Gasteiger partial charge in [-0.15, -0.1) is 35.3 Å². The van der Waals surface area contributed by atoms with E-state index in [9.17, 15) is 5.11 Å². The molecule has 1 heterocycles. The summed E-state index contributed by atoms with van der Waals surface area (Å²) >= 11 is 1.60. The molecule has 1 atom stereocenters. The maximum absolute atomic E-state index is 10.7. The van der Waals surface area contributed by atoms with Crippen LogP contribution in [-0.4, -0.2) is 43.2 Å². The highest BCUT2D eigenvalue weighted by Crippen LogP contribution is 2.19. The Labute approximate surface area is 176 Å². The molecule has 2 rings (SSSR count). The van der Waals surface area contributed by atoms with Gasteiger partial charge in [0.2, 0.25) is 0 Å². The van der Waals surface area contributed by atoms with Gasteiger partial charge in [0, 0.05) is 26.0 Å². The lowest BCUT2D eigenvalue weighted by Gasteiger charge is -2.25. The predicted octanol–water partition coefficient (Wildman–Crippen LogP) is 2.79. The van der Waals surface area contributed by atoms with Crippen LogP contribution >= 0.6 is 35.3 Å². The van der Waals surface area contributed by atoms with E-state index in [2.05, 4.69) is 20.6 Å². The van der Waals surface area contributed by atoms with Crippen LogP contribution in [0.3, 0.4) is 0 Å². The standard InChI is InChI=1S/C18H27N5OS.HI/c1-5-19-16(20-11-15-12-25-17(22-15)23(3)4)21-13-18(2,24)14-9-7-6-8-10-14;/h6-10,12,24H,5,11,13H2,1-4H3,(H2,19,20,21);1H. The second-order valence-corrected chi connectivity index (χ2v) is 7.04. The second-order valence-electron chi connectivity index (χ2n) is 6.20. The summed E-state index contributed by atoms with van der Waals surface area (Å²) in [4.78, 5) is 11.1. The molecule has 26 heavy (non-hydrogen) atoms. The fourth-order valence-corrected chi connectivity index (χ4v) is 2.98. The van der Waals surface area contributed by atoms with Crippen LogP contribution in [0.25, 0.3) is 0 Å². The lowest BCUT2D eigenvalue weighted by molar-refractivity contribution is 0.0617. The third kappa shape index (κ3) is 6.73. The summed E-state index contributed by atoms with van der Waals surface area (Å²) in [5.74, 6) is 0.665. The van der Waals surface area contributed by atoms with Crippen LogP contribution in [0.15, 0.2) is 40.7 Å². The van der Waals surface area contributed by atoms with E-state index >= 15 is 0 Å². The first-order valence-corrected chi connectivity index (χ1v) is 9.22. The predicted molar refractivity (Wildman–Crippen MR) is 121 cm³/mol. The molecule has 2 aromatic rings. The first-order valence-electron chi connectivity index (χ1n) is 8.34. The van der Waals surface area contributed by atoms with Crippen LogP contribution in [0, 0.1) is 0 Å². The van der Waals surface area contributed by atoms with Crippen molar-refractivity contribution in [3.8, 4) is 0 Å². The molecule has 1 aromatic heterocycles. The average molecular weight is 489 g/mol. The Hall–Kier alpha value is -1.39. The summed E-state index contributed by atoms with van der Waals surface area (Å²) in [6, 6.07) is 9.63. The molecule has 0 aliphatic rings. The van der Waals surface area contributed by atoms with E-state index in [1.807, 2.05) is 61.6 Å². The first-order chi connectivity index (χ1) is 11.9. The molecule has 0 spiro atoms. The molecule has 6 nitrogen and oxygen atoms in total. The lowest BCUT2D eigenvalue weighted by Crippen LogP contribution is -2.44. The van der Waals surface area contributed by atoms with Crippen molar-refractivity contribution in [1.29, 1.82) is 0 Å². The highest BCUT2D eigenvalue weighted by Gasteiger charge is 2.22. The van der Waals surface area contributed by atoms with Gasteiger partial charge in [0.1, 0.15) is 5.60 Å². The molecule has 0 saturated carbocycles. The van der Waals surface area contributed by atoms with Crippen LogP contribution in [-0.2, 0) is 12.1 Å². The van der Waals surface area contributed by atoms with Gasteiger partial charge in [-0.05, 0) is 19.4 Å². The molecule has 0 saturated heterocycles. The number of aromatic nitrogens is 1. The first kappa shape index (κ1) is 22.7. The van der Waals surface area contributed by atoms with Gasteiger partial charge >= 0.3 is 0 Å². The number of guanidine groups is 1. The Morgan fingerprint density at radius 3 is 2.54 bits per heavy atom. The zero-order chi connectivity index (χ0) is 18.3. The molecule has 144 valence electrons. The van der Waals surface area contributed by atoms with Gasteiger partial charge in [-0.25, -0.2) is 9.98 Å². The summed E-state index contributed by atoms with van der Waals surface area (Å²) < 4.78 is 0. The van der Waals surface area contributed by atoms with Gasteiger partial charge in [-0.3, -0.25) is 0 Å². The Bertz CT molecular complexity index is 688. The van der Waals surface area contributed by atoms with Crippen molar-refractivity contribution in [2.75, 3.05) is 32.1 Å². The van der Waals surface area contributed by atoms with E-state index in [1.165, 1.54) is 0 Å². The van der Waals surface area contributed by atoms with E-state index in [-0.39, 0.29) is 24.0 Å². The molecule has 1 unspecified atom stereocenters. The van der Waals surface area contributed by atoms with Crippen molar-refractivity contribution in [3.05, 3.63) is 47.0 Å². The molecular formula is C18H28IN5OS. The largest absolute Gasteiger partial charge is 0.384 e. The fourth-order valence-electron chi connectivity index (χ4n) is 2.23. The molecule has 0 amide bonds. The summed E-state index contributed by atoms with van der Waals surface area (Å²) in [6.07, 6.45) is 0. The van der Waals surface area contributed by atoms with Crippen molar-refractivity contribution in [2.45, 2.75) is 26.0 Å². The molecule has 1 aromatic carbocycles. The molecule has 0 bridgehead atoms. The molecule has 0 radical (unpaired) electrons. The number of benzene rings is 1. The minimum atomic E-state index is -0.976. The van der Waals surface area contributed by atoms with E-state index in [1.54, 1.807) is 18.3 Å². The normalized spacial score (nSPS) is 13.5. The van der Waals surface area contributed by atoms with Crippen LogP contribution in [0.1, 0.15) is 25.1 Å². The Kier molecular flexibility index (Phi) is 9.31. The molecule has 8 heteroatoms. The van der Waals surface area contributed by atoms with E-state index < -0.39 is 5.60 Å². The van der Waals surface area contributed by atoms with Crippen molar-refractivity contribution in [3.63, 3.8) is 0 Å². The number of aliphatic imine (C=N–C) groups is 1. The number of thiazole rings is 1. The van der Waals surface area contributed by atoms with Crippen molar-refractivity contribution < 1.29 is 5.11 Å². The number of nitrogens with one attached hydrogen (secondary N) is 2. The maximum Gasteiger partial charge on any atom is 0.191 e. The summed E-state index contributed by atoms with van der Waals surface area (Å²) in [5, 5.41) is 20.1. The van der Waals surface area contributed by atoms with Gasteiger partial charge in [-0.1, -0.05) is 30.3 Å². The Morgan fingerprint density at radius 2 is 1.96 bits per heavy atom. The number of hydrogen-bond donors (Lipinski definition) is 3. The average Bonchev–Trinajstić information content (AvgIpc) is 3.07. The number of aliphatic hydroxyl groups is 1.